The van der Waals surface area contributed by atoms with Gasteiger partial charge in [-0.2, -0.15) is 0 Å². The van der Waals surface area contributed by atoms with Gasteiger partial charge in [0.15, 0.2) is 0 Å². The minimum atomic E-state index is -0.407. The SMILES string of the molecule is CC(C)CCN1C[C@@H](C(=O)Nc2ccc3oc(=O)ccc3c2)CC1=O. The highest BCUT2D eigenvalue weighted by Gasteiger charge is 2.34. The van der Waals surface area contributed by atoms with Crippen LogP contribution in [0.4, 0.5) is 5.69 Å². The molecule has 1 saturated heterocycles. The Morgan fingerprint density at radius 1 is 1.28 bits per heavy atom. The lowest BCUT2D eigenvalue weighted by Gasteiger charge is -2.17. The smallest absolute Gasteiger partial charge is 0.336 e. The highest BCUT2D eigenvalue weighted by Crippen LogP contribution is 2.22. The van der Waals surface area contributed by atoms with Crippen LogP contribution in [-0.4, -0.2) is 29.8 Å². The number of hydrogen-bond acceptors (Lipinski definition) is 4. The van der Waals surface area contributed by atoms with Crippen molar-refractivity contribution in [1.82, 2.24) is 4.90 Å². The minimum Gasteiger partial charge on any atom is -0.423 e. The molecule has 1 aromatic heterocycles. The molecule has 3 rings (SSSR count). The summed E-state index contributed by atoms with van der Waals surface area (Å²) in [4.78, 5) is 37.5. The van der Waals surface area contributed by atoms with Crippen LogP contribution in [0.3, 0.4) is 0 Å². The molecule has 0 unspecified atom stereocenters. The molecule has 0 saturated carbocycles. The Kier molecular flexibility index (Phi) is 4.88. The van der Waals surface area contributed by atoms with Gasteiger partial charge >= 0.3 is 5.63 Å². The summed E-state index contributed by atoms with van der Waals surface area (Å²) in [6.45, 7) is 5.41. The Hall–Kier alpha value is -2.63. The van der Waals surface area contributed by atoms with Gasteiger partial charge in [-0.15, -0.1) is 0 Å². The van der Waals surface area contributed by atoms with Crippen molar-refractivity contribution < 1.29 is 14.0 Å². The van der Waals surface area contributed by atoms with Gasteiger partial charge in [0.2, 0.25) is 11.8 Å². The van der Waals surface area contributed by atoms with E-state index in [1.807, 2.05) is 0 Å². The Morgan fingerprint density at radius 3 is 2.84 bits per heavy atom. The van der Waals surface area contributed by atoms with Crippen molar-refractivity contribution in [3.05, 3.63) is 40.8 Å². The molecule has 0 aliphatic carbocycles. The lowest BCUT2D eigenvalue weighted by molar-refractivity contribution is -0.128. The second-order valence-electron chi connectivity index (χ2n) is 6.92. The molecule has 132 valence electrons. The molecule has 0 spiro atoms. The zero-order valence-corrected chi connectivity index (χ0v) is 14.5. The van der Waals surface area contributed by atoms with E-state index in [0.717, 1.165) is 11.8 Å². The van der Waals surface area contributed by atoms with E-state index in [9.17, 15) is 14.4 Å². The monoisotopic (exact) mass is 342 g/mol. The quantitative estimate of drug-likeness (QED) is 0.847. The molecule has 0 bridgehead atoms. The fourth-order valence-corrected chi connectivity index (χ4v) is 2.97. The average molecular weight is 342 g/mol. The van der Waals surface area contributed by atoms with Crippen LogP contribution < -0.4 is 10.9 Å². The summed E-state index contributed by atoms with van der Waals surface area (Å²) in [7, 11) is 0. The van der Waals surface area contributed by atoms with E-state index in [4.69, 9.17) is 4.42 Å². The van der Waals surface area contributed by atoms with E-state index >= 15 is 0 Å². The van der Waals surface area contributed by atoms with Gasteiger partial charge in [0, 0.05) is 36.7 Å². The molecule has 25 heavy (non-hydrogen) atoms. The molecule has 2 heterocycles. The van der Waals surface area contributed by atoms with Crippen molar-refractivity contribution in [1.29, 1.82) is 0 Å². The third-order valence-corrected chi connectivity index (χ3v) is 4.45. The van der Waals surface area contributed by atoms with Crippen molar-refractivity contribution in [3.63, 3.8) is 0 Å². The maximum atomic E-state index is 12.5. The van der Waals surface area contributed by atoms with Gasteiger partial charge in [-0.1, -0.05) is 13.8 Å². The number of carbonyl (C=O) groups is 2. The number of benzene rings is 1. The van der Waals surface area contributed by atoms with Gasteiger partial charge in [-0.05, 0) is 36.6 Å². The maximum Gasteiger partial charge on any atom is 0.336 e. The van der Waals surface area contributed by atoms with Crippen LogP contribution in [0.2, 0.25) is 0 Å². The van der Waals surface area contributed by atoms with E-state index in [2.05, 4.69) is 19.2 Å². The third-order valence-electron chi connectivity index (χ3n) is 4.45. The van der Waals surface area contributed by atoms with E-state index in [0.29, 0.717) is 30.3 Å². The first kappa shape index (κ1) is 17.2. The van der Waals surface area contributed by atoms with Crippen LogP contribution in [0.15, 0.2) is 39.5 Å². The number of rotatable bonds is 5. The summed E-state index contributed by atoms with van der Waals surface area (Å²) < 4.78 is 5.08. The van der Waals surface area contributed by atoms with Gasteiger partial charge in [-0.25, -0.2) is 4.79 Å². The average Bonchev–Trinajstić information content (AvgIpc) is 2.94. The molecule has 1 aliphatic heterocycles. The predicted molar refractivity (Wildman–Crippen MR) is 95.3 cm³/mol. The summed E-state index contributed by atoms with van der Waals surface area (Å²) in [5, 5.41) is 3.59. The number of hydrogen-bond donors (Lipinski definition) is 1. The second kappa shape index (κ2) is 7.09. The summed E-state index contributed by atoms with van der Waals surface area (Å²) in [5.41, 5.74) is 0.691. The molecular formula is C19H22N2O4. The first-order valence-electron chi connectivity index (χ1n) is 8.55. The maximum absolute atomic E-state index is 12.5. The lowest BCUT2D eigenvalue weighted by Crippen LogP contribution is -2.29. The molecule has 1 N–H and O–H groups in total. The Labute approximate surface area is 145 Å². The summed E-state index contributed by atoms with van der Waals surface area (Å²) >= 11 is 0. The molecular weight excluding hydrogens is 320 g/mol. The van der Waals surface area contributed by atoms with Crippen LogP contribution in [0.25, 0.3) is 11.0 Å². The number of likely N-dealkylation sites (tertiary alicyclic amines) is 1. The van der Waals surface area contributed by atoms with Crippen molar-refractivity contribution in [2.75, 3.05) is 18.4 Å². The van der Waals surface area contributed by atoms with E-state index in [1.54, 1.807) is 29.2 Å². The first-order valence-corrected chi connectivity index (χ1v) is 8.55. The molecule has 1 atom stereocenters. The van der Waals surface area contributed by atoms with Crippen molar-refractivity contribution in [2.45, 2.75) is 26.7 Å². The van der Waals surface area contributed by atoms with Gasteiger partial charge in [-0.3, -0.25) is 9.59 Å². The standard InChI is InChI=1S/C19H22N2O4/c1-12(2)7-8-21-11-14(10-17(21)22)19(24)20-15-4-5-16-13(9-15)3-6-18(23)25-16/h3-6,9,12,14H,7-8,10-11H2,1-2H3,(H,20,24)/t14-/m0/s1. The minimum absolute atomic E-state index is 0.0427. The van der Waals surface area contributed by atoms with Crippen molar-refractivity contribution in [2.24, 2.45) is 11.8 Å². The van der Waals surface area contributed by atoms with E-state index < -0.39 is 5.63 Å². The number of anilines is 1. The molecule has 1 aromatic carbocycles. The van der Waals surface area contributed by atoms with Crippen molar-refractivity contribution >= 4 is 28.5 Å². The van der Waals surface area contributed by atoms with E-state index in [-0.39, 0.29) is 24.2 Å². The number of nitrogens with one attached hydrogen (secondary N) is 1. The molecule has 6 nitrogen and oxygen atoms in total. The van der Waals surface area contributed by atoms with Gasteiger partial charge in [0.05, 0.1) is 5.92 Å². The van der Waals surface area contributed by atoms with Gasteiger partial charge in [0.1, 0.15) is 5.58 Å². The molecule has 2 amide bonds. The predicted octanol–water partition coefficient (Wildman–Crippen LogP) is 2.63. The van der Waals surface area contributed by atoms with Crippen LogP contribution >= 0.6 is 0 Å². The normalized spacial score (nSPS) is 17.5. The number of nitrogens with zero attached hydrogens (tertiary/aromatic N) is 1. The third kappa shape index (κ3) is 4.07. The summed E-state index contributed by atoms with van der Waals surface area (Å²) in [6, 6.07) is 8.10. The number of fused-ring (bicyclic) bond motifs is 1. The lowest BCUT2D eigenvalue weighted by atomic mass is 10.1. The molecule has 2 aromatic rings. The fourth-order valence-electron chi connectivity index (χ4n) is 2.97. The topological polar surface area (TPSA) is 79.6 Å². The van der Waals surface area contributed by atoms with Crippen LogP contribution in [-0.2, 0) is 9.59 Å². The molecule has 1 aliphatic rings. The number of carbonyl (C=O) groups excluding carboxylic acids is 2. The fraction of sp³-hybridized carbons (Fsp3) is 0.421. The Morgan fingerprint density at radius 2 is 2.08 bits per heavy atom. The first-order chi connectivity index (χ1) is 11.9. The van der Waals surface area contributed by atoms with Gasteiger partial charge < -0.3 is 14.6 Å². The molecule has 6 heteroatoms. The molecule has 0 radical (unpaired) electrons. The Bertz CT molecular complexity index is 856. The zero-order chi connectivity index (χ0) is 18.0. The highest BCUT2D eigenvalue weighted by molar-refractivity contribution is 5.98. The largest absolute Gasteiger partial charge is 0.423 e. The van der Waals surface area contributed by atoms with Gasteiger partial charge in [0.25, 0.3) is 0 Å². The highest BCUT2D eigenvalue weighted by atomic mass is 16.4. The van der Waals surface area contributed by atoms with E-state index in [1.165, 1.54) is 6.07 Å². The Balaban J connectivity index is 1.65. The summed E-state index contributed by atoms with van der Waals surface area (Å²) in [5.74, 6) is 0.0839. The van der Waals surface area contributed by atoms with Crippen LogP contribution in [0.5, 0.6) is 0 Å². The number of amides is 2. The molecule has 1 fully saturated rings. The van der Waals surface area contributed by atoms with Crippen molar-refractivity contribution in [3.8, 4) is 0 Å². The summed E-state index contributed by atoms with van der Waals surface area (Å²) in [6.07, 6.45) is 1.20. The second-order valence-corrected chi connectivity index (χ2v) is 6.92. The zero-order valence-electron chi connectivity index (χ0n) is 14.5. The van der Waals surface area contributed by atoms with Crippen LogP contribution in [0, 0.1) is 11.8 Å². The van der Waals surface area contributed by atoms with Crippen LogP contribution in [0.1, 0.15) is 26.7 Å².